The van der Waals surface area contributed by atoms with Crippen LogP contribution in [0.2, 0.25) is 0 Å². The lowest BCUT2D eigenvalue weighted by Gasteiger charge is -2.29. The zero-order valence-corrected chi connectivity index (χ0v) is 10.6. The van der Waals surface area contributed by atoms with E-state index in [1.54, 1.807) is 14.2 Å². The molecule has 0 N–H and O–H groups in total. The average molecular weight is 240 g/mol. The molecule has 1 aromatic carbocycles. The fourth-order valence-electron chi connectivity index (χ4n) is 5.10. The van der Waals surface area contributed by atoms with E-state index in [0.717, 1.165) is 41.1 Å². The predicted molar refractivity (Wildman–Crippen MR) is 68.1 cm³/mol. The maximum Gasteiger partial charge on any atom is 0.122 e. The molecule has 0 amide bonds. The molecule has 0 spiro atoms. The number of ether oxygens (including phenoxy) is 2. The Labute approximate surface area is 107 Å². The lowest BCUT2D eigenvalue weighted by Crippen LogP contribution is -2.20. The van der Waals surface area contributed by atoms with Crippen molar-refractivity contribution in [2.45, 2.75) is 11.8 Å². The Balaban J connectivity index is 1.77. The molecule has 92 valence electrons. The SMILES string of the molecule is COc1ccc(OC)c2c1[C@@H]1[C@@H]3C=C[C@@H]3[C@@H]3[C@@H]2[C@@H]13. The summed E-state index contributed by atoms with van der Waals surface area (Å²) in [6.07, 6.45) is 4.83. The molecule has 4 aliphatic carbocycles. The van der Waals surface area contributed by atoms with E-state index in [4.69, 9.17) is 9.47 Å². The lowest BCUT2D eigenvalue weighted by atomic mass is 9.76. The first kappa shape index (κ1) is 9.48. The molecular formula is C16H16O2. The van der Waals surface area contributed by atoms with Crippen molar-refractivity contribution in [2.75, 3.05) is 14.2 Å². The van der Waals surface area contributed by atoms with E-state index >= 15 is 0 Å². The van der Waals surface area contributed by atoms with Crippen LogP contribution in [0.25, 0.3) is 0 Å². The van der Waals surface area contributed by atoms with Gasteiger partial charge in [-0.1, -0.05) is 12.2 Å². The zero-order chi connectivity index (χ0) is 12.0. The van der Waals surface area contributed by atoms with Crippen LogP contribution in [-0.2, 0) is 0 Å². The third-order valence-corrected chi connectivity index (χ3v) is 5.72. The number of benzene rings is 1. The summed E-state index contributed by atoms with van der Waals surface area (Å²) in [5.41, 5.74) is 2.92. The molecule has 2 saturated carbocycles. The molecule has 5 rings (SSSR count). The Hall–Kier alpha value is -1.44. The molecule has 2 nitrogen and oxygen atoms in total. The lowest BCUT2D eigenvalue weighted by molar-refractivity contribution is 0.378. The Morgan fingerprint density at radius 2 is 1.39 bits per heavy atom. The maximum absolute atomic E-state index is 5.60. The van der Waals surface area contributed by atoms with Crippen LogP contribution < -0.4 is 9.47 Å². The summed E-state index contributed by atoms with van der Waals surface area (Å²) in [6, 6.07) is 4.15. The van der Waals surface area contributed by atoms with Crippen molar-refractivity contribution < 1.29 is 9.47 Å². The van der Waals surface area contributed by atoms with Crippen molar-refractivity contribution in [3.63, 3.8) is 0 Å². The monoisotopic (exact) mass is 240 g/mol. The van der Waals surface area contributed by atoms with E-state index in [-0.39, 0.29) is 0 Å². The van der Waals surface area contributed by atoms with Gasteiger partial charge in [-0.15, -0.1) is 0 Å². The van der Waals surface area contributed by atoms with Crippen molar-refractivity contribution >= 4 is 0 Å². The highest BCUT2D eigenvalue weighted by molar-refractivity contribution is 5.63. The molecule has 0 aliphatic heterocycles. The summed E-state index contributed by atoms with van der Waals surface area (Å²) in [4.78, 5) is 0. The van der Waals surface area contributed by atoms with Gasteiger partial charge < -0.3 is 9.47 Å². The van der Waals surface area contributed by atoms with Crippen LogP contribution in [0.4, 0.5) is 0 Å². The minimum absolute atomic E-state index is 0.704. The Morgan fingerprint density at radius 1 is 0.778 bits per heavy atom. The van der Waals surface area contributed by atoms with Gasteiger partial charge in [-0.2, -0.15) is 0 Å². The number of rotatable bonds is 2. The summed E-state index contributed by atoms with van der Waals surface area (Å²) in [5.74, 6) is 6.99. The topological polar surface area (TPSA) is 18.5 Å². The molecule has 6 atom stereocenters. The molecule has 0 unspecified atom stereocenters. The summed E-state index contributed by atoms with van der Waals surface area (Å²) in [5, 5.41) is 0. The molecule has 2 heteroatoms. The Morgan fingerprint density at radius 3 is 1.94 bits per heavy atom. The van der Waals surface area contributed by atoms with Gasteiger partial charge in [-0.05, 0) is 47.6 Å². The van der Waals surface area contributed by atoms with Crippen LogP contribution in [0, 0.1) is 23.7 Å². The van der Waals surface area contributed by atoms with Gasteiger partial charge in [0.05, 0.1) is 14.2 Å². The smallest absolute Gasteiger partial charge is 0.122 e. The first-order valence-electron chi connectivity index (χ1n) is 6.80. The van der Waals surface area contributed by atoms with Crippen molar-refractivity contribution in [1.29, 1.82) is 0 Å². The summed E-state index contributed by atoms with van der Waals surface area (Å²) in [7, 11) is 3.57. The summed E-state index contributed by atoms with van der Waals surface area (Å²) in [6.45, 7) is 0. The van der Waals surface area contributed by atoms with Gasteiger partial charge in [-0.3, -0.25) is 0 Å². The first-order valence-corrected chi connectivity index (χ1v) is 6.80. The Bertz CT molecular complexity index is 589. The molecule has 0 radical (unpaired) electrons. The largest absolute Gasteiger partial charge is 0.496 e. The van der Waals surface area contributed by atoms with Crippen LogP contribution in [0.15, 0.2) is 24.3 Å². The molecule has 2 fully saturated rings. The van der Waals surface area contributed by atoms with Gasteiger partial charge in [0.1, 0.15) is 11.5 Å². The van der Waals surface area contributed by atoms with Gasteiger partial charge in [0.2, 0.25) is 0 Å². The standard InChI is InChI=1S/C16H16O2/c1-17-9-5-6-10(18-2)14-13(9)11-7-3-4-8(7)12-15(11)16(12)14/h3-8,11-12,15-16H,1-2H3/t7-,8+,11+,12+,15+,16+/m1/s1. The van der Waals surface area contributed by atoms with Crippen LogP contribution in [0.5, 0.6) is 11.5 Å². The van der Waals surface area contributed by atoms with Gasteiger partial charge in [0.25, 0.3) is 0 Å². The van der Waals surface area contributed by atoms with Crippen molar-refractivity contribution in [2.24, 2.45) is 23.7 Å². The van der Waals surface area contributed by atoms with E-state index in [1.165, 1.54) is 11.1 Å². The fourth-order valence-corrected chi connectivity index (χ4v) is 5.10. The number of hydrogen-bond acceptors (Lipinski definition) is 2. The number of methoxy groups -OCH3 is 2. The quantitative estimate of drug-likeness (QED) is 0.740. The van der Waals surface area contributed by atoms with Crippen LogP contribution in [0.1, 0.15) is 23.0 Å². The second kappa shape index (κ2) is 2.76. The van der Waals surface area contributed by atoms with Gasteiger partial charge in [0, 0.05) is 11.1 Å². The third kappa shape index (κ3) is 0.781. The highest BCUT2D eigenvalue weighted by Crippen LogP contribution is 2.81. The van der Waals surface area contributed by atoms with E-state index in [2.05, 4.69) is 24.3 Å². The number of hydrogen-bond donors (Lipinski definition) is 0. The van der Waals surface area contributed by atoms with Crippen LogP contribution in [-0.4, -0.2) is 14.2 Å². The van der Waals surface area contributed by atoms with E-state index in [1.807, 2.05) is 0 Å². The number of allylic oxidation sites excluding steroid dienone is 2. The summed E-state index contributed by atoms with van der Waals surface area (Å²) >= 11 is 0. The van der Waals surface area contributed by atoms with Crippen molar-refractivity contribution in [3.05, 3.63) is 35.4 Å². The molecule has 4 aliphatic rings. The molecular weight excluding hydrogens is 224 g/mol. The first-order chi connectivity index (χ1) is 8.86. The summed E-state index contributed by atoms with van der Waals surface area (Å²) < 4.78 is 11.2. The Kier molecular flexibility index (Phi) is 1.46. The van der Waals surface area contributed by atoms with E-state index < -0.39 is 0 Å². The maximum atomic E-state index is 5.60. The normalized spacial score (nSPS) is 43.9. The third-order valence-electron chi connectivity index (χ3n) is 5.72. The van der Waals surface area contributed by atoms with Crippen LogP contribution >= 0.6 is 0 Å². The fraction of sp³-hybridized carbons (Fsp3) is 0.500. The minimum Gasteiger partial charge on any atom is -0.496 e. The average Bonchev–Trinajstić information content (AvgIpc) is 2.89. The zero-order valence-electron chi connectivity index (χ0n) is 10.6. The highest BCUT2D eigenvalue weighted by atomic mass is 16.5. The van der Waals surface area contributed by atoms with Crippen LogP contribution in [0.3, 0.4) is 0 Å². The molecule has 0 bridgehead atoms. The highest BCUT2D eigenvalue weighted by Gasteiger charge is 2.73. The second-order valence-electron chi connectivity index (χ2n) is 6.04. The van der Waals surface area contributed by atoms with Crippen molar-refractivity contribution in [1.82, 2.24) is 0 Å². The molecule has 1 aromatic rings. The number of fused-ring (bicyclic) bond motifs is 7. The van der Waals surface area contributed by atoms with Crippen molar-refractivity contribution in [3.8, 4) is 11.5 Å². The minimum atomic E-state index is 0.704. The van der Waals surface area contributed by atoms with Gasteiger partial charge in [-0.25, -0.2) is 0 Å². The second-order valence-corrected chi connectivity index (χ2v) is 6.04. The van der Waals surface area contributed by atoms with E-state index in [9.17, 15) is 0 Å². The predicted octanol–water partition coefficient (Wildman–Crippen LogP) is 2.95. The van der Waals surface area contributed by atoms with Gasteiger partial charge in [0.15, 0.2) is 0 Å². The molecule has 0 saturated heterocycles. The van der Waals surface area contributed by atoms with Gasteiger partial charge >= 0.3 is 0 Å². The molecule has 18 heavy (non-hydrogen) atoms. The molecule has 0 heterocycles. The molecule has 0 aromatic heterocycles. The van der Waals surface area contributed by atoms with E-state index in [0.29, 0.717) is 5.92 Å².